The summed E-state index contributed by atoms with van der Waals surface area (Å²) in [6, 6.07) is 5.93. The normalized spacial score (nSPS) is 20.8. The fourth-order valence-electron chi connectivity index (χ4n) is 2.00. The van der Waals surface area contributed by atoms with E-state index in [1.54, 1.807) is 0 Å². The standard InChI is InChI=1S/C13H19NO2/c1-10-4-5-11(9-15)13(7-10)16-12-3-2-6-14-8-12/h4-5,7,12,14-15H,2-3,6,8-9H2,1H3. The summed E-state index contributed by atoms with van der Waals surface area (Å²) in [6.45, 7) is 4.06. The fourth-order valence-corrected chi connectivity index (χ4v) is 2.00. The Hall–Kier alpha value is -1.06. The zero-order chi connectivity index (χ0) is 11.4. The van der Waals surface area contributed by atoms with Crippen LogP contribution in [0, 0.1) is 6.92 Å². The number of hydrogen-bond acceptors (Lipinski definition) is 3. The Morgan fingerprint density at radius 1 is 1.50 bits per heavy atom. The van der Waals surface area contributed by atoms with E-state index in [1.165, 1.54) is 0 Å². The number of aliphatic hydroxyl groups is 1. The molecule has 1 atom stereocenters. The number of nitrogens with one attached hydrogen (secondary N) is 1. The van der Waals surface area contributed by atoms with E-state index >= 15 is 0 Å². The van der Waals surface area contributed by atoms with Crippen LogP contribution in [-0.2, 0) is 6.61 Å². The lowest BCUT2D eigenvalue weighted by molar-refractivity contribution is 0.161. The number of rotatable bonds is 3. The number of piperidine rings is 1. The molecule has 3 heteroatoms. The van der Waals surface area contributed by atoms with Crippen LogP contribution in [-0.4, -0.2) is 24.3 Å². The van der Waals surface area contributed by atoms with Crippen LogP contribution in [0.1, 0.15) is 24.0 Å². The van der Waals surface area contributed by atoms with Crippen molar-refractivity contribution in [1.29, 1.82) is 0 Å². The van der Waals surface area contributed by atoms with Crippen molar-refractivity contribution in [3.63, 3.8) is 0 Å². The Bertz CT molecular complexity index is 346. The highest BCUT2D eigenvalue weighted by molar-refractivity contribution is 5.36. The quantitative estimate of drug-likeness (QED) is 0.815. The monoisotopic (exact) mass is 221 g/mol. The summed E-state index contributed by atoms with van der Waals surface area (Å²) in [4.78, 5) is 0. The molecule has 1 aromatic carbocycles. The third-order valence-electron chi connectivity index (χ3n) is 2.94. The van der Waals surface area contributed by atoms with Crippen molar-refractivity contribution >= 4 is 0 Å². The molecule has 0 spiro atoms. The Morgan fingerprint density at radius 2 is 2.38 bits per heavy atom. The van der Waals surface area contributed by atoms with Crippen molar-refractivity contribution in [3.05, 3.63) is 29.3 Å². The third-order valence-corrected chi connectivity index (χ3v) is 2.94. The highest BCUT2D eigenvalue weighted by Gasteiger charge is 2.15. The predicted molar refractivity (Wildman–Crippen MR) is 63.6 cm³/mol. The molecular formula is C13H19NO2. The molecule has 0 aromatic heterocycles. The molecule has 1 aliphatic heterocycles. The largest absolute Gasteiger partial charge is 0.489 e. The van der Waals surface area contributed by atoms with Gasteiger partial charge in [-0.25, -0.2) is 0 Å². The number of ether oxygens (including phenoxy) is 1. The van der Waals surface area contributed by atoms with E-state index in [1.807, 2.05) is 25.1 Å². The zero-order valence-corrected chi connectivity index (χ0v) is 9.70. The molecule has 0 saturated carbocycles. The molecular weight excluding hydrogens is 202 g/mol. The summed E-state index contributed by atoms with van der Waals surface area (Å²) in [5, 5.41) is 12.6. The van der Waals surface area contributed by atoms with Crippen LogP contribution in [0.15, 0.2) is 18.2 Å². The minimum Gasteiger partial charge on any atom is -0.489 e. The maximum absolute atomic E-state index is 9.24. The topological polar surface area (TPSA) is 41.5 Å². The smallest absolute Gasteiger partial charge is 0.125 e. The molecule has 0 amide bonds. The third kappa shape index (κ3) is 2.74. The number of aryl methyl sites for hydroxylation is 1. The van der Waals surface area contributed by atoms with Gasteiger partial charge in [0.15, 0.2) is 0 Å². The van der Waals surface area contributed by atoms with Crippen molar-refractivity contribution in [2.45, 2.75) is 32.5 Å². The molecule has 1 unspecified atom stereocenters. The molecule has 2 N–H and O–H groups in total. The summed E-state index contributed by atoms with van der Waals surface area (Å²) in [6.07, 6.45) is 2.48. The fraction of sp³-hybridized carbons (Fsp3) is 0.538. The molecule has 1 aromatic rings. The highest BCUT2D eigenvalue weighted by atomic mass is 16.5. The van der Waals surface area contributed by atoms with Crippen LogP contribution in [0.5, 0.6) is 5.75 Å². The highest BCUT2D eigenvalue weighted by Crippen LogP contribution is 2.23. The van der Waals surface area contributed by atoms with Gasteiger partial charge in [0.1, 0.15) is 11.9 Å². The summed E-state index contributed by atoms with van der Waals surface area (Å²) in [5.41, 5.74) is 2.03. The van der Waals surface area contributed by atoms with Gasteiger partial charge in [0.25, 0.3) is 0 Å². The summed E-state index contributed by atoms with van der Waals surface area (Å²) in [7, 11) is 0. The first-order valence-electron chi connectivity index (χ1n) is 5.87. The van der Waals surface area contributed by atoms with Gasteiger partial charge in [-0.2, -0.15) is 0 Å². The molecule has 0 radical (unpaired) electrons. The summed E-state index contributed by atoms with van der Waals surface area (Å²) in [5.74, 6) is 0.830. The molecule has 0 aliphatic carbocycles. The van der Waals surface area contributed by atoms with Gasteiger partial charge in [-0.15, -0.1) is 0 Å². The van der Waals surface area contributed by atoms with E-state index in [9.17, 15) is 5.11 Å². The van der Waals surface area contributed by atoms with Crippen molar-refractivity contribution in [2.24, 2.45) is 0 Å². The molecule has 16 heavy (non-hydrogen) atoms. The first-order chi connectivity index (χ1) is 7.79. The Kier molecular flexibility index (Phi) is 3.80. The van der Waals surface area contributed by atoms with E-state index < -0.39 is 0 Å². The molecule has 1 aliphatic rings. The maximum Gasteiger partial charge on any atom is 0.125 e. The van der Waals surface area contributed by atoms with Gasteiger partial charge < -0.3 is 15.2 Å². The predicted octanol–water partition coefficient (Wildman–Crippen LogP) is 1.62. The summed E-state index contributed by atoms with van der Waals surface area (Å²) < 4.78 is 5.94. The Balaban J connectivity index is 2.09. The number of benzene rings is 1. The summed E-state index contributed by atoms with van der Waals surface area (Å²) >= 11 is 0. The van der Waals surface area contributed by atoms with E-state index in [2.05, 4.69) is 5.32 Å². The first kappa shape index (κ1) is 11.4. The van der Waals surface area contributed by atoms with Crippen molar-refractivity contribution in [3.8, 4) is 5.75 Å². The van der Waals surface area contributed by atoms with Crippen LogP contribution in [0.2, 0.25) is 0 Å². The Labute approximate surface area is 96.4 Å². The van der Waals surface area contributed by atoms with E-state index in [0.717, 1.165) is 42.8 Å². The van der Waals surface area contributed by atoms with Gasteiger partial charge in [-0.05, 0) is 37.9 Å². The number of aliphatic hydroxyl groups excluding tert-OH is 1. The van der Waals surface area contributed by atoms with Gasteiger partial charge in [0, 0.05) is 12.1 Å². The van der Waals surface area contributed by atoms with Crippen molar-refractivity contribution in [2.75, 3.05) is 13.1 Å². The van der Waals surface area contributed by atoms with E-state index in [0.29, 0.717) is 0 Å². The van der Waals surface area contributed by atoms with Crippen LogP contribution in [0.25, 0.3) is 0 Å². The lowest BCUT2D eigenvalue weighted by Crippen LogP contribution is -2.37. The van der Waals surface area contributed by atoms with Gasteiger partial charge >= 0.3 is 0 Å². The van der Waals surface area contributed by atoms with Crippen LogP contribution in [0.3, 0.4) is 0 Å². The minimum atomic E-state index is 0.0375. The lowest BCUT2D eigenvalue weighted by Gasteiger charge is -2.25. The van der Waals surface area contributed by atoms with Gasteiger partial charge in [-0.1, -0.05) is 12.1 Å². The van der Waals surface area contributed by atoms with Crippen molar-refractivity contribution < 1.29 is 9.84 Å². The minimum absolute atomic E-state index is 0.0375. The molecule has 0 bridgehead atoms. The molecule has 1 fully saturated rings. The second-order valence-corrected chi connectivity index (χ2v) is 4.36. The van der Waals surface area contributed by atoms with Crippen LogP contribution < -0.4 is 10.1 Å². The lowest BCUT2D eigenvalue weighted by atomic mass is 10.1. The van der Waals surface area contributed by atoms with Crippen LogP contribution >= 0.6 is 0 Å². The first-order valence-corrected chi connectivity index (χ1v) is 5.87. The number of hydrogen-bond donors (Lipinski definition) is 2. The Morgan fingerprint density at radius 3 is 3.06 bits per heavy atom. The van der Waals surface area contributed by atoms with Gasteiger partial charge in [0.2, 0.25) is 0 Å². The molecule has 1 heterocycles. The maximum atomic E-state index is 9.24. The molecule has 1 saturated heterocycles. The van der Waals surface area contributed by atoms with Crippen molar-refractivity contribution in [1.82, 2.24) is 5.32 Å². The second-order valence-electron chi connectivity index (χ2n) is 4.36. The SMILES string of the molecule is Cc1ccc(CO)c(OC2CCCNC2)c1. The van der Waals surface area contributed by atoms with E-state index in [-0.39, 0.29) is 12.7 Å². The van der Waals surface area contributed by atoms with Gasteiger partial charge in [-0.3, -0.25) is 0 Å². The average molecular weight is 221 g/mol. The second kappa shape index (κ2) is 5.32. The van der Waals surface area contributed by atoms with Crippen LogP contribution in [0.4, 0.5) is 0 Å². The average Bonchev–Trinajstić information content (AvgIpc) is 2.31. The zero-order valence-electron chi connectivity index (χ0n) is 9.70. The molecule has 88 valence electrons. The van der Waals surface area contributed by atoms with E-state index in [4.69, 9.17) is 4.74 Å². The molecule has 3 nitrogen and oxygen atoms in total. The molecule has 2 rings (SSSR count). The van der Waals surface area contributed by atoms with Gasteiger partial charge in [0.05, 0.1) is 6.61 Å².